The second-order valence-electron chi connectivity index (χ2n) is 6.04. The summed E-state index contributed by atoms with van der Waals surface area (Å²) in [6, 6.07) is 5.65. The number of carbonyl (C=O) groups is 1. The van der Waals surface area contributed by atoms with Gasteiger partial charge in [-0.3, -0.25) is 4.79 Å². The molecule has 1 aromatic rings. The lowest BCUT2D eigenvalue weighted by molar-refractivity contribution is -0.143. The molecule has 0 aromatic heterocycles. The quantitative estimate of drug-likeness (QED) is 0.923. The average Bonchev–Trinajstić information content (AvgIpc) is 2.47. The Morgan fingerprint density at radius 1 is 1.38 bits per heavy atom. The molecule has 1 fully saturated rings. The molecule has 0 heterocycles. The molecule has 1 saturated carbocycles. The summed E-state index contributed by atoms with van der Waals surface area (Å²) in [6.07, 6.45) is 3.77. The highest BCUT2D eigenvalue weighted by molar-refractivity contribution is 5.97. The van der Waals surface area contributed by atoms with Gasteiger partial charge in [-0.05, 0) is 55.9 Å². The molecule has 0 radical (unpaired) electrons. The third kappa shape index (κ3) is 3.38. The van der Waals surface area contributed by atoms with Crippen molar-refractivity contribution in [2.75, 3.05) is 19.5 Å². The normalized spacial score (nSPS) is 25.4. The van der Waals surface area contributed by atoms with E-state index in [0.717, 1.165) is 36.3 Å². The molecular weight excluding hydrogens is 266 g/mol. The largest absolute Gasteiger partial charge is 0.496 e. The van der Waals surface area contributed by atoms with Crippen molar-refractivity contribution in [2.24, 2.45) is 5.92 Å². The first kappa shape index (κ1) is 15.8. The van der Waals surface area contributed by atoms with Crippen molar-refractivity contribution in [1.29, 1.82) is 0 Å². The number of hydrogen-bond donors (Lipinski definition) is 1. The molecule has 4 heteroatoms. The first-order chi connectivity index (χ1) is 10.0. The SMILES string of the molecule is COc1ccc(NC(=O)[C@]2(OC)CCC[C@H](C)C2)cc1C. The smallest absolute Gasteiger partial charge is 0.256 e. The number of ether oxygens (including phenoxy) is 2. The third-order valence-corrected chi connectivity index (χ3v) is 4.41. The van der Waals surface area contributed by atoms with E-state index in [-0.39, 0.29) is 5.91 Å². The van der Waals surface area contributed by atoms with E-state index in [1.165, 1.54) is 6.42 Å². The molecule has 116 valence electrons. The van der Waals surface area contributed by atoms with Crippen LogP contribution in [0.1, 0.15) is 38.2 Å². The lowest BCUT2D eigenvalue weighted by atomic mass is 9.78. The van der Waals surface area contributed by atoms with Gasteiger partial charge in [0.15, 0.2) is 0 Å². The molecule has 2 atom stereocenters. The fourth-order valence-corrected chi connectivity index (χ4v) is 3.19. The van der Waals surface area contributed by atoms with Crippen LogP contribution >= 0.6 is 0 Å². The average molecular weight is 291 g/mol. The van der Waals surface area contributed by atoms with Gasteiger partial charge in [0.1, 0.15) is 11.4 Å². The molecule has 0 spiro atoms. The van der Waals surface area contributed by atoms with Crippen molar-refractivity contribution < 1.29 is 14.3 Å². The molecule has 1 amide bonds. The highest BCUT2D eigenvalue weighted by atomic mass is 16.5. The Hall–Kier alpha value is -1.55. The van der Waals surface area contributed by atoms with E-state index in [1.807, 2.05) is 25.1 Å². The van der Waals surface area contributed by atoms with Crippen LogP contribution < -0.4 is 10.1 Å². The Bertz CT molecular complexity index is 515. The molecule has 0 bridgehead atoms. The van der Waals surface area contributed by atoms with Crippen molar-refractivity contribution in [1.82, 2.24) is 0 Å². The zero-order valence-corrected chi connectivity index (χ0v) is 13.4. The van der Waals surface area contributed by atoms with E-state index in [9.17, 15) is 4.79 Å². The molecule has 2 rings (SSSR count). The minimum Gasteiger partial charge on any atom is -0.496 e. The Morgan fingerprint density at radius 3 is 2.71 bits per heavy atom. The van der Waals surface area contributed by atoms with Gasteiger partial charge in [0.2, 0.25) is 0 Å². The maximum absolute atomic E-state index is 12.7. The summed E-state index contributed by atoms with van der Waals surface area (Å²) < 4.78 is 10.9. The second-order valence-corrected chi connectivity index (χ2v) is 6.04. The molecule has 1 aromatic carbocycles. The summed E-state index contributed by atoms with van der Waals surface area (Å²) in [5.41, 5.74) is 1.10. The van der Waals surface area contributed by atoms with Gasteiger partial charge in [-0.25, -0.2) is 0 Å². The number of nitrogens with one attached hydrogen (secondary N) is 1. The van der Waals surface area contributed by atoms with Gasteiger partial charge in [0.25, 0.3) is 5.91 Å². The molecular formula is C17H25NO3. The third-order valence-electron chi connectivity index (χ3n) is 4.41. The lowest BCUT2D eigenvalue weighted by Crippen LogP contribution is -2.47. The van der Waals surface area contributed by atoms with Crippen LogP contribution in [0.4, 0.5) is 5.69 Å². The van der Waals surface area contributed by atoms with Gasteiger partial charge >= 0.3 is 0 Å². The highest BCUT2D eigenvalue weighted by Gasteiger charge is 2.41. The van der Waals surface area contributed by atoms with Crippen LogP contribution in [0.5, 0.6) is 5.75 Å². The summed E-state index contributed by atoms with van der Waals surface area (Å²) in [7, 11) is 3.28. The van der Waals surface area contributed by atoms with Gasteiger partial charge in [0.05, 0.1) is 7.11 Å². The van der Waals surface area contributed by atoms with E-state index in [2.05, 4.69) is 12.2 Å². The number of aryl methyl sites for hydroxylation is 1. The van der Waals surface area contributed by atoms with E-state index in [0.29, 0.717) is 5.92 Å². The van der Waals surface area contributed by atoms with E-state index in [1.54, 1.807) is 14.2 Å². The molecule has 21 heavy (non-hydrogen) atoms. The maximum Gasteiger partial charge on any atom is 0.256 e. The minimum absolute atomic E-state index is 0.0406. The topological polar surface area (TPSA) is 47.6 Å². The van der Waals surface area contributed by atoms with E-state index >= 15 is 0 Å². The number of anilines is 1. The van der Waals surface area contributed by atoms with Gasteiger partial charge in [-0.1, -0.05) is 13.3 Å². The number of carbonyl (C=O) groups excluding carboxylic acids is 1. The Morgan fingerprint density at radius 2 is 2.14 bits per heavy atom. The van der Waals surface area contributed by atoms with Crippen molar-refractivity contribution >= 4 is 11.6 Å². The first-order valence-electron chi connectivity index (χ1n) is 7.52. The molecule has 1 N–H and O–H groups in total. The summed E-state index contributed by atoms with van der Waals surface area (Å²) in [6.45, 7) is 4.14. The van der Waals surface area contributed by atoms with Crippen molar-refractivity contribution in [3.05, 3.63) is 23.8 Å². The van der Waals surface area contributed by atoms with Crippen LogP contribution in [0, 0.1) is 12.8 Å². The Kier molecular flexibility index (Phi) is 4.88. The molecule has 4 nitrogen and oxygen atoms in total. The van der Waals surface area contributed by atoms with Gasteiger partial charge < -0.3 is 14.8 Å². The van der Waals surface area contributed by atoms with Crippen LogP contribution in [0.25, 0.3) is 0 Å². The lowest BCUT2D eigenvalue weighted by Gasteiger charge is -2.37. The summed E-state index contributed by atoms with van der Waals surface area (Å²) in [5.74, 6) is 1.30. The highest BCUT2D eigenvalue weighted by Crippen LogP contribution is 2.36. The maximum atomic E-state index is 12.7. The van der Waals surface area contributed by atoms with Crippen LogP contribution in [-0.2, 0) is 9.53 Å². The van der Waals surface area contributed by atoms with Crippen LogP contribution in [0.3, 0.4) is 0 Å². The fraction of sp³-hybridized carbons (Fsp3) is 0.588. The van der Waals surface area contributed by atoms with Crippen molar-refractivity contribution in [3.8, 4) is 5.75 Å². The predicted molar refractivity (Wildman–Crippen MR) is 83.7 cm³/mol. The monoisotopic (exact) mass is 291 g/mol. The van der Waals surface area contributed by atoms with Crippen LogP contribution in [0.15, 0.2) is 18.2 Å². The fourth-order valence-electron chi connectivity index (χ4n) is 3.19. The first-order valence-corrected chi connectivity index (χ1v) is 7.52. The number of benzene rings is 1. The van der Waals surface area contributed by atoms with Gasteiger partial charge in [0, 0.05) is 12.8 Å². The van der Waals surface area contributed by atoms with Crippen LogP contribution in [-0.4, -0.2) is 25.7 Å². The molecule has 0 saturated heterocycles. The van der Waals surface area contributed by atoms with E-state index < -0.39 is 5.60 Å². The van der Waals surface area contributed by atoms with Gasteiger partial charge in [-0.15, -0.1) is 0 Å². The molecule has 0 unspecified atom stereocenters. The zero-order valence-electron chi connectivity index (χ0n) is 13.4. The molecule has 1 aliphatic carbocycles. The molecule has 0 aliphatic heterocycles. The minimum atomic E-state index is -0.689. The zero-order chi connectivity index (χ0) is 15.5. The molecule has 1 aliphatic rings. The number of hydrogen-bond acceptors (Lipinski definition) is 3. The summed E-state index contributed by atoms with van der Waals surface area (Å²) >= 11 is 0. The Balaban J connectivity index is 2.14. The predicted octanol–water partition coefficient (Wildman–Crippen LogP) is 3.54. The Labute approximate surface area is 126 Å². The number of amides is 1. The van der Waals surface area contributed by atoms with Crippen molar-refractivity contribution in [2.45, 2.75) is 45.1 Å². The standard InChI is InChI=1S/C17H25NO3/c1-12-6-5-9-17(11-12,21-4)16(19)18-14-7-8-15(20-3)13(2)10-14/h7-8,10,12H,5-6,9,11H2,1-4H3,(H,18,19)/t12-,17-/m0/s1. The number of rotatable bonds is 4. The van der Waals surface area contributed by atoms with Crippen molar-refractivity contribution in [3.63, 3.8) is 0 Å². The van der Waals surface area contributed by atoms with E-state index in [4.69, 9.17) is 9.47 Å². The second kappa shape index (κ2) is 6.48. The summed E-state index contributed by atoms with van der Waals surface area (Å²) in [5, 5.41) is 3.00. The van der Waals surface area contributed by atoms with Crippen LogP contribution in [0.2, 0.25) is 0 Å². The summed E-state index contributed by atoms with van der Waals surface area (Å²) in [4.78, 5) is 12.7. The number of methoxy groups -OCH3 is 2. The van der Waals surface area contributed by atoms with Gasteiger partial charge in [-0.2, -0.15) is 0 Å².